The number of carbonyl (C=O) groups is 1. The first kappa shape index (κ1) is 17.5. The number of nitrogens with one attached hydrogen (secondary N) is 1. The van der Waals surface area contributed by atoms with Crippen LogP contribution in [-0.4, -0.2) is 28.5 Å². The van der Waals surface area contributed by atoms with E-state index in [1.165, 1.54) is 0 Å². The normalized spacial score (nSPS) is 11.8. The smallest absolute Gasteiger partial charge is 0.227 e. The summed E-state index contributed by atoms with van der Waals surface area (Å²) in [5, 5.41) is 3.05. The van der Waals surface area contributed by atoms with Crippen LogP contribution < -0.4 is 11.1 Å². The number of carbonyl (C=O) groups excluding carboxylic acids is 1. The Morgan fingerprint density at radius 1 is 1.26 bits per heavy atom. The molecule has 0 aliphatic rings. The van der Waals surface area contributed by atoms with E-state index in [1.54, 1.807) is 0 Å². The number of amides is 1. The Morgan fingerprint density at radius 3 is 2.57 bits per heavy atom. The van der Waals surface area contributed by atoms with E-state index in [9.17, 15) is 4.79 Å². The molecule has 3 N–H and O–H groups in total. The van der Waals surface area contributed by atoms with Crippen LogP contribution in [0.3, 0.4) is 0 Å². The number of nitrogens with two attached hydrogens (primary N) is 1. The number of fused-ring (bicyclic) bond motifs is 1. The van der Waals surface area contributed by atoms with Crippen molar-refractivity contribution in [2.24, 2.45) is 11.1 Å². The van der Waals surface area contributed by atoms with Gasteiger partial charge in [-0.2, -0.15) is 0 Å². The van der Waals surface area contributed by atoms with Crippen molar-refractivity contribution in [3.05, 3.63) is 30.1 Å². The number of imidazole rings is 1. The van der Waals surface area contributed by atoms with Gasteiger partial charge in [-0.05, 0) is 31.9 Å². The molecule has 23 heavy (non-hydrogen) atoms. The molecule has 0 aliphatic heterocycles. The molecule has 5 heteroatoms. The van der Waals surface area contributed by atoms with Crippen LogP contribution in [-0.2, 0) is 17.8 Å². The molecule has 2 aromatic rings. The van der Waals surface area contributed by atoms with Crippen LogP contribution in [0.1, 0.15) is 39.4 Å². The molecule has 0 saturated carbocycles. The number of nitrogens with zero attached hydrogens (tertiary/aromatic N) is 2. The zero-order valence-electron chi connectivity index (χ0n) is 14.4. The van der Waals surface area contributed by atoms with Crippen molar-refractivity contribution in [2.45, 2.75) is 46.6 Å². The molecule has 1 heterocycles. The molecule has 0 fully saturated rings. The number of aromatic nitrogens is 2. The highest BCUT2D eigenvalue weighted by Gasteiger charge is 2.32. The van der Waals surface area contributed by atoms with Crippen LogP contribution in [0.25, 0.3) is 11.0 Å². The quantitative estimate of drug-likeness (QED) is 0.786. The maximum absolute atomic E-state index is 12.5. The second-order valence-corrected chi connectivity index (χ2v) is 5.96. The molecule has 0 unspecified atom stereocenters. The first-order chi connectivity index (χ1) is 11.1. The summed E-state index contributed by atoms with van der Waals surface area (Å²) in [7, 11) is 0. The van der Waals surface area contributed by atoms with Crippen molar-refractivity contribution in [3.63, 3.8) is 0 Å². The molecular weight excluding hydrogens is 288 g/mol. The number of benzene rings is 1. The second kappa shape index (κ2) is 7.59. The first-order valence-corrected chi connectivity index (χ1v) is 8.54. The first-order valence-electron chi connectivity index (χ1n) is 8.54. The van der Waals surface area contributed by atoms with E-state index in [-0.39, 0.29) is 5.91 Å². The molecule has 0 bridgehead atoms. The average molecular weight is 316 g/mol. The maximum atomic E-state index is 12.5. The summed E-state index contributed by atoms with van der Waals surface area (Å²) in [4.78, 5) is 17.1. The lowest BCUT2D eigenvalue weighted by atomic mass is 9.81. The van der Waals surface area contributed by atoms with Gasteiger partial charge in [0, 0.05) is 26.1 Å². The minimum absolute atomic E-state index is 0.0594. The molecular formula is C18H28N4O. The lowest BCUT2D eigenvalue weighted by Gasteiger charge is -2.28. The molecule has 0 radical (unpaired) electrons. The maximum Gasteiger partial charge on any atom is 0.227 e. The zero-order valence-corrected chi connectivity index (χ0v) is 14.4. The van der Waals surface area contributed by atoms with Crippen molar-refractivity contribution >= 4 is 16.9 Å². The molecule has 0 aliphatic carbocycles. The largest absolute Gasteiger partial charge is 0.355 e. The molecule has 0 spiro atoms. The molecule has 0 atom stereocenters. The minimum Gasteiger partial charge on any atom is -0.355 e. The van der Waals surface area contributed by atoms with E-state index in [0.29, 0.717) is 13.1 Å². The van der Waals surface area contributed by atoms with Crippen molar-refractivity contribution in [1.82, 2.24) is 14.9 Å². The molecule has 1 aromatic carbocycles. The van der Waals surface area contributed by atoms with E-state index in [1.807, 2.05) is 32.0 Å². The Bertz CT molecular complexity index is 650. The lowest BCUT2D eigenvalue weighted by Crippen LogP contribution is -2.45. The minimum atomic E-state index is -0.440. The van der Waals surface area contributed by atoms with Crippen molar-refractivity contribution in [1.29, 1.82) is 0 Å². The number of rotatable bonds is 8. The number of aryl methyl sites for hydroxylation is 1. The van der Waals surface area contributed by atoms with Crippen LogP contribution in [0.4, 0.5) is 0 Å². The molecule has 1 amide bonds. The van der Waals surface area contributed by atoms with E-state index in [0.717, 1.165) is 42.7 Å². The summed E-state index contributed by atoms with van der Waals surface area (Å²) in [5.74, 6) is 1.07. The molecule has 1 aromatic heterocycles. The summed E-state index contributed by atoms with van der Waals surface area (Å²) < 4.78 is 2.21. The van der Waals surface area contributed by atoms with Gasteiger partial charge >= 0.3 is 0 Å². The SMILES string of the molecule is CCn1c(CCNC(=O)C(CC)(CC)CN)nc2ccccc21. The Hall–Kier alpha value is -1.88. The van der Waals surface area contributed by atoms with Crippen LogP contribution in [0.15, 0.2) is 24.3 Å². The summed E-state index contributed by atoms with van der Waals surface area (Å²) in [6.45, 7) is 8.01. The third-order valence-electron chi connectivity index (χ3n) is 4.91. The summed E-state index contributed by atoms with van der Waals surface area (Å²) in [6, 6.07) is 8.14. The topological polar surface area (TPSA) is 72.9 Å². The van der Waals surface area contributed by atoms with Crippen molar-refractivity contribution < 1.29 is 4.79 Å². The number of hydrogen-bond acceptors (Lipinski definition) is 3. The zero-order chi connectivity index (χ0) is 16.9. The highest BCUT2D eigenvalue weighted by molar-refractivity contribution is 5.82. The van der Waals surface area contributed by atoms with E-state index in [2.05, 4.69) is 27.9 Å². The van der Waals surface area contributed by atoms with Gasteiger partial charge in [0.05, 0.1) is 16.4 Å². The fourth-order valence-corrected chi connectivity index (χ4v) is 3.10. The van der Waals surface area contributed by atoms with E-state index < -0.39 is 5.41 Å². The Kier molecular flexibility index (Phi) is 5.77. The van der Waals surface area contributed by atoms with Crippen LogP contribution in [0, 0.1) is 5.41 Å². The highest BCUT2D eigenvalue weighted by Crippen LogP contribution is 2.25. The summed E-state index contributed by atoms with van der Waals surface area (Å²) >= 11 is 0. The summed E-state index contributed by atoms with van der Waals surface area (Å²) in [5.41, 5.74) is 7.55. The van der Waals surface area contributed by atoms with Gasteiger partial charge in [0.1, 0.15) is 5.82 Å². The second-order valence-electron chi connectivity index (χ2n) is 5.96. The Balaban J connectivity index is 2.06. The van der Waals surface area contributed by atoms with Gasteiger partial charge in [-0.1, -0.05) is 26.0 Å². The molecule has 2 rings (SSSR count). The fourth-order valence-electron chi connectivity index (χ4n) is 3.10. The number of hydrogen-bond donors (Lipinski definition) is 2. The average Bonchev–Trinajstić information content (AvgIpc) is 2.94. The van der Waals surface area contributed by atoms with Gasteiger partial charge in [-0.25, -0.2) is 4.98 Å². The van der Waals surface area contributed by atoms with Gasteiger partial charge < -0.3 is 15.6 Å². The molecule has 126 valence electrons. The Labute approximate surface area is 138 Å². The molecule has 0 saturated heterocycles. The summed E-state index contributed by atoms with van der Waals surface area (Å²) in [6.07, 6.45) is 2.25. The van der Waals surface area contributed by atoms with E-state index in [4.69, 9.17) is 5.73 Å². The fraction of sp³-hybridized carbons (Fsp3) is 0.556. The monoisotopic (exact) mass is 316 g/mol. The molecule has 5 nitrogen and oxygen atoms in total. The lowest BCUT2D eigenvalue weighted by molar-refractivity contribution is -0.131. The van der Waals surface area contributed by atoms with Crippen LogP contribution in [0.5, 0.6) is 0 Å². The van der Waals surface area contributed by atoms with Gasteiger partial charge in [0.15, 0.2) is 0 Å². The van der Waals surface area contributed by atoms with Gasteiger partial charge in [-0.15, -0.1) is 0 Å². The van der Waals surface area contributed by atoms with E-state index >= 15 is 0 Å². The van der Waals surface area contributed by atoms with Crippen molar-refractivity contribution in [3.8, 4) is 0 Å². The van der Waals surface area contributed by atoms with Crippen LogP contribution >= 0.6 is 0 Å². The van der Waals surface area contributed by atoms with Gasteiger partial charge in [-0.3, -0.25) is 4.79 Å². The predicted molar refractivity (Wildman–Crippen MR) is 94.2 cm³/mol. The third-order valence-corrected chi connectivity index (χ3v) is 4.91. The standard InChI is InChI=1S/C18H28N4O/c1-4-18(5-2,13-19)17(23)20-12-11-16-21-14-9-7-8-10-15(14)22(16)6-3/h7-10H,4-6,11-13,19H2,1-3H3,(H,20,23). The van der Waals surface area contributed by atoms with Crippen molar-refractivity contribution in [2.75, 3.05) is 13.1 Å². The van der Waals surface area contributed by atoms with Gasteiger partial charge in [0.2, 0.25) is 5.91 Å². The van der Waals surface area contributed by atoms with Gasteiger partial charge in [0.25, 0.3) is 0 Å². The van der Waals surface area contributed by atoms with Crippen LogP contribution in [0.2, 0.25) is 0 Å². The predicted octanol–water partition coefficient (Wildman–Crippen LogP) is 2.48. The number of para-hydroxylation sites is 2. The Morgan fingerprint density at radius 2 is 1.96 bits per heavy atom. The highest BCUT2D eigenvalue weighted by atomic mass is 16.2. The third kappa shape index (κ3) is 3.39.